The van der Waals surface area contributed by atoms with Crippen molar-refractivity contribution in [1.29, 1.82) is 0 Å². The molecule has 0 bridgehead atoms. The molecule has 0 fully saturated rings. The van der Waals surface area contributed by atoms with Crippen molar-refractivity contribution in [3.63, 3.8) is 0 Å². The van der Waals surface area contributed by atoms with Gasteiger partial charge in [-0.25, -0.2) is 0 Å². The lowest BCUT2D eigenvalue weighted by Crippen LogP contribution is -2.35. The highest BCUT2D eigenvalue weighted by atomic mass is 32.2. The molecule has 0 radical (unpaired) electrons. The van der Waals surface area contributed by atoms with Gasteiger partial charge in [-0.15, -0.1) is 0 Å². The van der Waals surface area contributed by atoms with E-state index in [0.717, 1.165) is 5.75 Å². The molecule has 0 aromatic carbocycles. The second kappa shape index (κ2) is 7.49. The molecule has 6 heteroatoms. The van der Waals surface area contributed by atoms with Crippen molar-refractivity contribution in [2.45, 2.75) is 25.8 Å². The smallest absolute Gasteiger partial charge is 0.221 e. The van der Waals surface area contributed by atoms with Crippen LogP contribution in [0.25, 0.3) is 0 Å². The largest absolute Gasteiger partial charge is 0.409 e. The molecular weight excluding hydrogens is 202 g/mol. The van der Waals surface area contributed by atoms with E-state index in [4.69, 9.17) is 10.9 Å². The summed E-state index contributed by atoms with van der Waals surface area (Å²) in [6, 6.07) is -0.0970. The number of nitrogens with two attached hydrogens (primary N) is 1. The van der Waals surface area contributed by atoms with Crippen LogP contribution in [0.3, 0.4) is 0 Å². The van der Waals surface area contributed by atoms with E-state index >= 15 is 0 Å². The Bertz CT molecular complexity index is 209. The highest BCUT2D eigenvalue weighted by Gasteiger charge is 2.08. The van der Waals surface area contributed by atoms with Gasteiger partial charge in [0.25, 0.3) is 0 Å². The number of nitrogens with one attached hydrogen (secondary N) is 1. The van der Waals surface area contributed by atoms with Crippen molar-refractivity contribution in [1.82, 2.24) is 5.32 Å². The average molecular weight is 219 g/mol. The van der Waals surface area contributed by atoms with E-state index in [1.807, 2.05) is 13.2 Å². The third-order valence-corrected chi connectivity index (χ3v) is 2.20. The molecule has 0 aliphatic rings. The summed E-state index contributed by atoms with van der Waals surface area (Å²) >= 11 is 1.63. The number of carbonyl (C=O) groups is 1. The average Bonchev–Trinajstić information content (AvgIpc) is 2.14. The summed E-state index contributed by atoms with van der Waals surface area (Å²) in [6.45, 7) is 1.81. The number of carbonyl (C=O) groups excluding carboxylic acids is 1. The predicted octanol–water partition coefficient (Wildman–Crippen LogP) is 0.381. The minimum Gasteiger partial charge on any atom is -0.409 e. The normalized spacial score (nSPS) is 13.7. The van der Waals surface area contributed by atoms with Crippen molar-refractivity contribution < 1.29 is 10.0 Å². The maximum Gasteiger partial charge on any atom is 0.221 e. The van der Waals surface area contributed by atoms with Gasteiger partial charge >= 0.3 is 0 Å². The van der Waals surface area contributed by atoms with Crippen LogP contribution in [0.2, 0.25) is 0 Å². The molecule has 0 spiro atoms. The van der Waals surface area contributed by atoms with Gasteiger partial charge in [0.1, 0.15) is 5.84 Å². The van der Waals surface area contributed by atoms with Gasteiger partial charge in [-0.1, -0.05) is 5.16 Å². The first-order valence-corrected chi connectivity index (χ1v) is 5.74. The number of nitrogens with zero attached hydrogens (tertiary/aromatic N) is 1. The first-order valence-electron chi connectivity index (χ1n) is 4.34. The fraction of sp³-hybridized carbons (Fsp3) is 0.750. The van der Waals surface area contributed by atoms with Crippen molar-refractivity contribution >= 4 is 23.5 Å². The fourth-order valence-electron chi connectivity index (χ4n) is 0.947. The number of amidine groups is 1. The van der Waals surface area contributed by atoms with E-state index in [2.05, 4.69) is 10.5 Å². The molecule has 1 atom stereocenters. The minimum absolute atomic E-state index is 0.00223. The Kier molecular flexibility index (Phi) is 7.00. The molecular formula is C8H17N3O2S. The van der Waals surface area contributed by atoms with Crippen molar-refractivity contribution in [3.05, 3.63) is 0 Å². The summed E-state index contributed by atoms with van der Waals surface area (Å²) in [5, 5.41) is 13.9. The third kappa shape index (κ3) is 6.59. The lowest BCUT2D eigenvalue weighted by Gasteiger charge is -2.12. The maximum atomic E-state index is 11.2. The van der Waals surface area contributed by atoms with Crippen LogP contribution < -0.4 is 11.1 Å². The Morgan fingerprint density at radius 2 is 2.36 bits per heavy atom. The molecule has 1 unspecified atom stereocenters. The van der Waals surface area contributed by atoms with Crippen LogP contribution in [0, 0.1) is 0 Å². The molecule has 0 aliphatic heterocycles. The number of rotatable bonds is 6. The quantitative estimate of drug-likeness (QED) is 0.261. The highest BCUT2D eigenvalue weighted by Crippen LogP contribution is 1.97. The molecule has 82 valence electrons. The zero-order valence-corrected chi connectivity index (χ0v) is 9.30. The van der Waals surface area contributed by atoms with Gasteiger partial charge in [0.2, 0.25) is 5.91 Å². The first-order chi connectivity index (χ1) is 6.60. The van der Waals surface area contributed by atoms with Crippen LogP contribution in [0.1, 0.15) is 19.8 Å². The standard InChI is InChI=1S/C8H17N3O2S/c1-6(5-7(9)11-13)10-8(12)3-4-14-2/h6,13H,3-5H2,1-2H3,(H2,9,11)(H,10,12). The lowest BCUT2D eigenvalue weighted by atomic mass is 10.2. The zero-order valence-electron chi connectivity index (χ0n) is 8.49. The topological polar surface area (TPSA) is 87.7 Å². The number of hydrogen-bond acceptors (Lipinski definition) is 4. The number of amides is 1. The summed E-state index contributed by atoms with van der Waals surface area (Å²) in [5.74, 6) is 0.933. The van der Waals surface area contributed by atoms with E-state index in [1.165, 1.54) is 0 Å². The van der Waals surface area contributed by atoms with Crippen LogP contribution in [0.15, 0.2) is 5.16 Å². The van der Waals surface area contributed by atoms with E-state index in [1.54, 1.807) is 11.8 Å². The predicted molar refractivity (Wildman–Crippen MR) is 58.6 cm³/mol. The molecule has 1 amide bonds. The monoisotopic (exact) mass is 219 g/mol. The number of oxime groups is 1. The van der Waals surface area contributed by atoms with E-state index in [9.17, 15) is 4.79 Å². The Labute approximate surface area is 88.1 Å². The molecule has 0 aliphatic carbocycles. The second-order valence-corrected chi connectivity index (χ2v) is 3.99. The van der Waals surface area contributed by atoms with Gasteiger partial charge < -0.3 is 16.3 Å². The molecule has 0 saturated carbocycles. The maximum absolute atomic E-state index is 11.2. The van der Waals surface area contributed by atoms with E-state index in [0.29, 0.717) is 12.8 Å². The summed E-state index contributed by atoms with van der Waals surface area (Å²) in [5.41, 5.74) is 5.29. The van der Waals surface area contributed by atoms with Gasteiger partial charge in [-0.2, -0.15) is 11.8 Å². The van der Waals surface area contributed by atoms with Gasteiger partial charge in [-0.3, -0.25) is 4.79 Å². The van der Waals surface area contributed by atoms with Crippen molar-refractivity contribution in [2.75, 3.05) is 12.0 Å². The van der Waals surface area contributed by atoms with Gasteiger partial charge in [-0.05, 0) is 13.2 Å². The first kappa shape index (κ1) is 13.1. The lowest BCUT2D eigenvalue weighted by molar-refractivity contribution is -0.121. The molecule has 5 nitrogen and oxygen atoms in total. The van der Waals surface area contributed by atoms with Gasteiger partial charge in [0.05, 0.1) is 0 Å². The Morgan fingerprint density at radius 3 is 2.86 bits per heavy atom. The molecule has 0 aromatic heterocycles. The van der Waals surface area contributed by atoms with Crippen LogP contribution in [-0.4, -0.2) is 35.0 Å². The fourth-order valence-corrected chi connectivity index (χ4v) is 1.34. The Hall–Kier alpha value is -0.910. The van der Waals surface area contributed by atoms with Crippen LogP contribution in [-0.2, 0) is 4.79 Å². The molecule has 0 heterocycles. The molecule has 0 aromatic rings. The Balaban J connectivity index is 3.71. The van der Waals surface area contributed by atoms with E-state index < -0.39 is 0 Å². The summed E-state index contributed by atoms with van der Waals surface area (Å²) in [4.78, 5) is 11.2. The molecule has 0 saturated heterocycles. The van der Waals surface area contributed by atoms with Crippen LogP contribution in [0.4, 0.5) is 0 Å². The molecule has 14 heavy (non-hydrogen) atoms. The van der Waals surface area contributed by atoms with E-state index in [-0.39, 0.29) is 17.8 Å². The third-order valence-electron chi connectivity index (χ3n) is 1.58. The van der Waals surface area contributed by atoms with Gasteiger partial charge in [0.15, 0.2) is 0 Å². The summed E-state index contributed by atoms with van der Waals surface area (Å²) in [7, 11) is 0. The summed E-state index contributed by atoms with van der Waals surface area (Å²) in [6.07, 6.45) is 2.82. The van der Waals surface area contributed by atoms with Crippen LogP contribution in [0.5, 0.6) is 0 Å². The highest BCUT2D eigenvalue weighted by molar-refractivity contribution is 7.98. The van der Waals surface area contributed by atoms with Crippen molar-refractivity contribution in [3.8, 4) is 0 Å². The molecule has 4 N–H and O–H groups in total. The summed E-state index contributed by atoms with van der Waals surface area (Å²) < 4.78 is 0. The van der Waals surface area contributed by atoms with Crippen molar-refractivity contribution in [2.24, 2.45) is 10.9 Å². The minimum atomic E-state index is -0.0970. The number of thioether (sulfide) groups is 1. The second-order valence-electron chi connectivity index (χ2n) is 3.01. The number of hydrogen-bond donors (Lipinski definition) is 3. The Morgan fingerprint density at radius 1 is 1.71 bits per heavy atom. The zero-order chi connectivity index (χ0) is 11.0. The SMILES string of the molecule is CSCCC(=O)NC(C)CC(N)=NO. The van der Waals surface area contributed by atoms with Gasteiger partial charge in [0, 0.05) is 24.6 Å². The van der Waals surface area contributed by atoms with Crippen LogP contribution >= 0.6 is 11.8 Å². The molecule has 0 rings (SSSR count).